The summed E-state index contributed by atoms with van der Waals surface area (Å²) in [4.78, 5) is 0. The topological polar surface area (TPSA) is 21.3 Å². The van der Waals surface area contributed by atoms with E-state index < -0.39 is 0 Å². The minimum Gasteiger partial charge on any atom is -0.493 e. The summed E-state index contributed by atoms with van der Waals surface area (Å²) in [6.07, 6.45) is 8.86. The van der Waals surface area contributed by atoms with Gasteiger partial charge in [-0.25, -0.2) is 0 Å². The highest BCUT2D eigenvalue weighted by atomic mass is 16.5. The molecule has 0 fully saturated rings. The number of fused-ring (bicyclic) bond motifs is 1. The first kappa shape index (κ1) is 13.4. The van der Waals surface area contributed by atoms with E-state index in [4.69, 9.17) is 4.74 Å². The smallest absolute Gasteiger partial charge is 0.122 e. The highest BCUT2D eigenvalue weighted by Gasteiger charge is 2.10. The first-order valence-corrected chi connectivity index (χ1v) is 7.29. The van der Waals surface area contributed by atoms with Gasteiger partial charge in [0.15, 0.2) is 0 Å². The molecule has 0 aromatic heterocycles. The van der Waals surface area contributed by atoms with Crippen LogP contribution in [-0.2, 0) is 12.8 Å². The Hall–Kier alpha value is -1.02. The highest BCUT2D eigenvalue weighted by Crippen LogP contribution is 2.26. The van der Waals surface area contributed by atoms with Crippen LogP contribution in [0.2, 0.25) is 0 Å². The van der Waals surface area contributed by atoms with E-state index in [0.717, 1.165) is 18.9 Å². The molecule has 0 bridgehead atoms. The van der Waals surface area contributed by atoms with Crippen LogP contribution >= 0.6 is 0 Å². The third kappa shape index (κ3) is 4.02. The van der Waals surface area contributed by atoms with Crippen LogP contribution in [0.4, 0.5) is 0 Å². The molecule has 18 heavy (non-hydrogen) atoms. The van der Waals surface area contributed by atoms with Gasteiger partial charge in [0.2, 0.25) is 0 Å². The van der Waals surface area contributed by atoms with Gasteiger partial charge in [0.05, 0.1) is 6.61 Å². The van der Waals surface area contributed by atoms with Crippen LogP contribution in [0.1, 0.15) is 43.2 Å². The van der Waals surface area contributed by atoms with E-state index in [1.54, 1.807) is 0 Å². The first-order valence-electron chi connectivity index (χ1n) is 7.29. The van der Waals surface area contributed by atoms with E-state index in [2.05, 4.69) is 23.5 Å². The van der Waals surface area contributed by atoms with Crippen molar-refractivity contribution in [2.24, 2.45) is 0 Å². The van der Waals surface area contributed by atoms with E-state index in [-0.39, 0.29) is 0 Å². The number of ether oxygens (including phenoxy) is 1. The van der Waals surface area contributed by atoms with Gasteiger partial charge in [-0.1, -0.05) is 25.0 Å². The van der Waals surface area contributed by atoms with Gasteiger partial charge in [0.1, 0.15) is 5.75 Å². The molecule has 1 aromatic carbocycles. The SMILES string of the molecule is CNCCCCCCc1ccc2c(c1)CCCO2. The number of aryl methyl sites for hydroxylation is 2. The Morgan fingerprint density at radius 3 is 2.94 bits per heavy atom. The summed E-state index contributed by atoms with van der Waals surface area (Å²) in [7, 11) is 2.02. The molecule has 100 valence electrons. The minimum atomic E-state index is 0.887. The van der Waals surface area contributed by atoms with E-state index in [1.807, 2.05) is 7.05 Å². The van der Waals surface area contributed by atoms with Crippen molar-refractivity contribution in [3.63, 3.8) is 0 Å². The number of hydrogen-bond donors (Lipinski definition) is 1. The minimum absolute atomic E-state index is 0.887. The average Bonchev–Trinajstić information content (AvgIpc) is 2.42. The lowest BCUT2D eigenvalue weighted by Crippen LogP contribution is -2.08. The van der Waals surface area contributed by atoms with Crippen LogP contribution in [-0.4, -0.2) is 20.2 Å². The molecular weight excluding hydrogens is 222 g/mol. The molecule has 1 aliphatic heterocycles. The summed E-state index contributed by atoms with van der Waals surface area (Å²) in [6.45, 7) is 2.04. The Morgan fingerprint density at radius 2 is 2.06 bits per heavy atom. The Morgan fingerprint density at radius 1 is 1.17 bits per heavy atom. The Balaban J connectivity index is 1.72. The van der Waals surface area contributed by atoms with Crippen molar-refractivity contribution in [2.75, 3.05) is 20.2 Å². The molecule has 0 unspecified atom stereocenters. The molecular formula is C16H25NO. The fourth-order valence-electron chi connectivity index (χ4n) is 2.55. The van der Waals surface area contributed by atoms with Gasteiger partial charge < -0.3 is 10.1 Å². The Bertz CT molecular complexity index is 362. The number of nitrogens with one attached hydrogen (secondary N) is 1. The third-order valence-corrected chi connectivity index (χ3v) is 3.62. The maximum Gasteiger partial charge on any atom is 0.122 e. The quantitative estimate of drug-likeness (QED) is 0.746. The van der Waals surface area contributed by atoms with Crippen molar-refractivity contribution in [1.82, 2.24) is 5.32 Å². The van der Waals surface area contributed by atoms with Crippen LogP contribution < -0.4 is 10.1 Å². The zero-order valence-corrected chi connectivity index (χ0v) is 11.5. The Kier molecular flexibility index (Phi) is 5.53. The standard InChI is InChI=1S/C16H25NO/c1-17-11-5-3-2-4-7-14-9-10-16-15(13-14)8-6-12-18-16/h9-10,13,17H,2-8,11-12H2,1H3. The summed E-state index contributed by atoms with van der Waals surface area (Å²) in [5.74, 6) is 1.11. The second-order valence-electron chi connectivity index (χ2n) is 5.16. The van der Waals surface area contributed by atoms with Crippen LogP contribution in [0.3, 0.4) is 0 Å². The molecule has 0 atom stereocenters. The average molecular weight is 247 g/mol. The summed E-state index contributed by atoms with van der Waals surface area (Å²) < 4.78 is 5.64. The number of rotatable bonds is 7. The maximum atomic E-state index is 5.64. The largest absolute Gasteiger partial charge is 0.493 e. The van der Waals surface area contributed by atoms with Gasteiger partial charge in [-0.2, -0.15) is 0 Å². The Labute approximate surface area is 111 Å². The predicted molar refractivity (Wildman–Crippen MR) is 76.4 cm³/mol. The summed E-state index contributed by atoms with van der Waals surface area (Å²) in [6, 6.07) is 6.74. The van der Waals surface area contributed by atoms with Crippen molar-refractivity contribution >= 4 is 0 Å². The molecule has 2 nitrogen and oxygen atoms in total. The monoisotopic (exact) mass is 247 g/mol. The number of benzene rings is 1. The van der Waals surface area contributed by atoms with Gasteiger partial charge >= 0.3 is 0 Å². The van der Waals surface area contributed by atoms with Gasteiger partial charge in [0, 0.05) is 0 Å². The fraction of sp³-hybridized carbons (Fsp3) is 0.625. The first-order chi connectivity index (χ1) is 8.90. The van der Waals surface area contributed by atoms with Crippen molar-refractivity contribution < 1.29 is 4.74 Å². The van der Waals surface area contributed by atoms with Gasteiger partial charge in [-0.05, 0) is 62.9 Å². The highest BCUT2D eigenvalue weighted by molar-refractivity contribution is 5.38. The van der Waals surface area contributed by atoms with E-state index >= 15 is 0 Å². The molecule has 0 saturated carbocycles. The zero-order valence-electron chi connectivity index (χ0n) is 11.5. The van der Waals surface area contributed by atoms with Gasteiger partial charge in [0.25, 0.3) is 0 Å². The van der Waals surface area contributed by atoms with E-state index in [9.17, 15) is 0 Å². The van der Waals surface area contributed by atoms with Crippen LogP contribution in [0, 0.1) is 0 Å². The lowest BCUT2D eigenvalue weighted by molar-refractivity contribution is 0.288. The van der Waals surface area contributed by atoms with Crippen molar-refractivity contribution in [3.8, 4) is 5.75 Å². The fourth-order valence-corrected chi connectivity index (χ4v) is 2.55. The molecule has 0 amide bonds. The van der Waals surface area contributed by atoms with Crippen LogP contribution in [0.25, 0.3) is 0 Å². The van der Waals surface area contributed by atoms with E-state index in [0.29, 0.717) is 0 Å². The second kappa shape index (κ2) is 7.42. The molecule has 1 aromatic rings. The molecule has 0 radical (unpaired) electrons. The van der Waals surface area contributed by atoms with Gasteiger partial charge in [-0.15, -0.1) is 0 Å². The molecule has 1 aliphatic rings. The molecule has 0 aliphatic carbocycles. The summed E-state index contributed by atoms with van der Waals surface area (Å²) in [5, 5.41) is 3.20. The van der Waals surface area contributed by atoms with Gasteiger partial charge in [-0.3, -0.25) is 0 Å². The molecule has 1 heterocycles. The zero-order chi connectivity index (χ0) is 12.6. The molecule has 2 heteroatoms. The molecule has 0 saturated heterocycles. The second-order valence-corrected chi connectivity index (χ2v) is 5.16. The van der Waals surface area contributed by atoms with Crippen molar-refractivity contribution in [2.45, 2.75) is 44.9 Å². The molecule has 2 rings (SSSR count). The molecule has 1 N–H and O–H groups in total. The normalized spacial score (nSPS) is 14.1. The lowest BCUT2D eigenvalue weighted by Gasteiger charge is -2.17. The van der Waals surface area contributed by atoms with Crippen LogP contribution in [0.15, 0.2) is 18.2 Å². The summed E-state index contributed by atoms with van der Waals surface area (Å²) >= 11 is 0. The molecule has 0 spiro atoms. The summed E-state index contributed by atoms with van der Waals surface area (Å²) in [5.41, 5.74) is 2.89. The van der Waals surface area contributed by atoms with Crippen molar-refractivity contribution in [1.29, 1.82) is 0 Å². The number of hydrogen-bond acceptors (Lipinski definition) is 2. The predicted octanol–water partition coefficient (Wildman–Crippen LogP) is 3.33. The van der Waals surface area contributed by atoms with E-state index in [1.165, 1.54) is 56.1 Å². The lowest BCUT2D eigenvalue weighted by atomic mass is 10.00. The number of unbranched alkanes of at least 4 members (excludes halogenated alkanes) is 3. The maximum absolute atomic E-state index is 5.64. The van der Waals surface area contributed by atoms with Crippen molar-refractivity contribution in [3.05, 3.63) is 29.3 Å². The van der Waals surface area contributed by atoms with Crippen LogP contribution in [0.5, 0.6) is 5.75 Å². The third-order valence-electron chi connectivity index (χ3n) is 3.62.